The summed E-state index contributed by atoms with van der Waals surface area (Å²) in [6.07, 6.45) is 2.23. The van der Waals surface area contributed by atoms with Crippen molar-refractivity contribution in [1.82, 2.24) is 5.32 Å². The highest BCUT2D eigenvalue weighted by Crippen LogP contribution is 2.28. The summed E-state index contributed by atoms with van der Waals surface area (Å²) in [6, 6.07) is 4.04. The summed E-state index contributed by atoms with van der Waals surface area (Å²) >= 11 is 5.67. The van der Waals surface area contributed by atoms with Crippen LogP contribution in [0.15, 0.2) is 18.2 Å². The third-order valence-corrected chi connectivity index (χ3v) is 2.88. The molecule has 17 heavy (non-hydrogen) atoms. The Bertz CT molecular complexity index is 472. The lowest BCUT2D eigenvalue weighted by Crippen LogP contribution is -2.26. The van der Waals surface area contributed by atoms with Gasteiger partial charge in [-0.1, -0.05) is 11.6 Å². The van der Waals surface area contributed by atoms with Crippen molar-refractivity contribution >= 4 is 23.2 Å². The molecule has 1 fully saturated rings. The number of halogens is 1. The number of nitro benzene ring substituents is 1. The Hall–Kier alpha value is -1.62. The van der Waals surface area contributed by atoms with Crippen LogP contribution in [0.1, 0.15) is 23.2 Å². The number of hydrogen-bond acceptors (Lipinski definition) is 3. The third-order valence-electron chi connectivity index (χ3n) is 2.65. The lowest BCUT2D eigenvalue weighted by molar-refractivity contribution is -0.385. The number of carbonyl (C=O) groups excluding carboxylic acids is 1. The van der Waals surface area contributed by atoms with Gasteiger partial charge in [0.1, 0.15) is 5.56 Å². The van der Waals surface area contributed by atoms with E-state index in [1.54, 1.807) is 0 Å². The number of rotatable bonds is 4. The number of benzene rings is 1. The number of nitro groups is 1. The average Bonchev–Trinajstić information content (AvgIpc) is 3.09. The van der Waals surface area contributed by atoms with Crippen LogP contribution < -0.4 is 5.32 Å². The molecule has 0 aliphatic heterocycles. The molecule has 1 saturated carbocycles. The highest BCUT2D eigenvalue weighted by atomic mass is 35.5. The molecule has 1 aromatic rings. The highest BCUT2D eigenvalue weighted by molar-refractivity contribution is 6.31. The van der Waals surface area contributed by atoms with Crippen LogP contribution in [-0.4, -0.2) is 17.4 Å². The van der Waals surface area contributed by atoms with E-state index in [0.717, 1.165) is 12.8 Å². The number of nitrogens with zero attached hydrogens (tertiary/aromatic N) is 1. The van der Waals surface area contributed by atoms with Crippen LogP contribution in [-0.2, 0) is 0 Å². The molecule has 0 spiro atoms. The molecule has 1 aliphatic rings. The Morgan fingerprint density at radius 1 is 1.53 bits per heavy atom. The average molecular weight is 255 g/mol. The first-order valence-electron chi connectivity index (χ1n) is 5.30. The Balaban J connectivity index is 2.17. The third kappa shape index (κ3) is 2.94. The number of hydrogen-bond donors (Lipinski definition) is 1. The van der Waals surface area contributed by atoms with E-state index >= 15 is 0 Å². The van der Waals surface area contributed by atoms with Crippen molar-refractivity contribution in [2.75, 3.05) is 6.54 Å². The van der Waals surface area contributed by atoms with Gasteiger partial charge in [0, 0.05) is 17.6 Å². The van der Waals surface area contributed by atoms with Crippen LogP contribution >= 0.6 is 11.6 Å². The number of nitrogens with one attached hydrogen (secondary N) is 1. The summed E-state index contributed by atoms with van der Waals surface area (Å²) in [5.41, 5.74) is -0.203. The molecule has 1 amide bonds. The van der Waals surface area contributed by atoms with Gasteiger partial charge in [0.15, 0.2) is 0 Å². The quantitative estimate of drug-likeness (QED) is 0.662. The zero-order valence-corrected chi connectivity index (χ0v) is 9.74. The molecule has 0 unspecified atom stereocenters. The molecule has 0 radical (unpaired) electrons. The number of carbonyl (C=O) groups is 1. The molecule has 0 aromatic heterocycles. The number of amides is 1. The molecule has 0 atom stereocenters. The van der Waals surface area contributed by atoms with Gasteiger partial charge in [0.05, 0.1) is 4.92 Å². The first kappa shape index (κ1) is 11.9. The van der Waals surface area contributed by atoms with Gasteiger partial charge >= 0.3 is 0 Å². The monoisotopic (exact) mass is 254 g/mol. The van der Waals surface area contributed by atoms with Crippen LogP contribution in [0.5, 0.6) is 0 Å². The second-order valence-electron chi connectivity index (χ2n) is 4.07. The minimum atomic E-state index is -0.599. The van der Waals surface area contributed by atoms with Crippen molar-refractivity contribution in [3.05, 3.63) is 38.9 Å². The smallest absolute Gasteiger partial charge is 0.283 e. The molecule has 1 aliphatic carbocycles. The fourth-order valence-corrected chi connectivity index (χ4v) is 1.67. The Morgan fingerprint density at radius 2 is 2.24 bits per heavy atom. The Labute approximate surface area is 103 Å². The lowest BCUT2D eigenvalue weighted by atomic mass is 10.1. The van der Waals surface area contributed by atoms with Crippen LogP contribution in [0.25, 0.3) is 0 Å². The van der Waals surface area contributed by atoms with Crippen molar-refractivity contribution in [2.24, 2.45) is 5.92 Å². The van der Waals surface area contributed by atoms with Crippen LogP contribution in [0.3, 0.4) is 0 Å². The van der Waals surface area contributed by atoms with Crippen molar-refractivity contribution in [1.29, 1.82) is 0 Å². The van der Waals surface area contributed by atoms with E-state index in [1.807, 2.05) is 0 Å². The molecule has 0 saturated heterocycles. The van der Waals surface area contributed by atoms with Gasteiger partial charge in [-0.25, -0.2) is 0 Å². The van der Waals surface area contributed by atoms with E-state index in [4.69, 9.17) is 11.6 Å². The predicted octanol–water partition coefficient (Wildman–Crippen LogP) is 2.39. The van der Waals surface area contributed by atoms with E-state index in [2.05, 4.69) is 5.32 Å². The van der Waals surface area contributed by atoms with Crippen molar-refractivity contribution < 1.29 is 9.72 Å². The topological polar surface area (TPSA) is 72.2 Å². The molecule has 90 valence electrons. The second kappa shape index (κ2) is 4.71. The van der Waals surface area contributed by atoms with Crippen LogP contribution in [0.4, 0.5) is 5.69 Å². The standard InChI is InChI=1S/C11H11ClN2O3/c12-8-3-4-9(10(5-8)14(16)17)11(15)13-6-7-1-2-7/h3-5,7H,1-2,6H2,(H,13,15). The van der Waals surface area contributed by atoms with Gasteiger partial charge in [-0.15, -0.1) is 0 Å². The summed E-state index contributed by atoms with van der Waals surface area (Å²) in [7, 11) is 0. The Kier molecular flexibility index (Phi) is 3.28. The first-order chi connectivity index (χ1) is 8.08. The summed E-state index contributed by atoms with van der Waals surface area (Å²) in [4.78, 5) is 22.0. The zero-order valence-electron chi connectivity index (χ0n) is 8.98. The van der Waals surface area contributed by atoms with Crippen molar-refractivity contribution in [3.63, 3.8) is 0 Å². The van der Waals surface area contributed by atoms with Crippen LogP contribution in [0.2, 0.25) is 5.02 Å². The SMILES string of the molecule is O=C(NCC1CC1)c1ccc(Cl)cc1[N+](=O)[O-]. The Morgan fingerprint density at radius 3 is 2.82 bits per heavy atom. The first-order valence-corrected chi connectivity index (χ1v) is 5.68. The van der Waals surface area contributed by atoms with E-state index < -0.39 is 10.8 Å². The normalized spacial score (nSPS) is 14.4. The minimum Gasteiger partial charge on any atom is -0.352 e. The van der Waals surface area contributed by atoms with Gasteiger partial charge in [0.25, 0.3) is 11.6 Å². The summed E-state index contributed by atoms with van der Waals surface area (Å²) < 4.78 is 0. The predicted molar refractivity (Wildman–Crippen MR) is 63.2 cm³/mol. The van der Waals surface area contributed by atoms with Crippen molar-refractivity contribution in [3.8, 4) is 0 Å². The fraction of sp³-hybridized carbons (Fsp3) is 0.364. The summed E-state index contributed by atoms with van der Waals surface area (Å²) in [5.74, 6) is 0.116. The summed E-state index contributed by atoms with van der Waals surface area (Å²) in [6.45, 7) is 0.582. The van der Waals surface area contributed by atoms with Crippen LogP contribution in [0, 0.1) is 16.0 Å². The van der Waals surface area contributed by atoms with E-state index in [-0.39, 0.29) is 16.3 Å². The zero-order chi connectivity index (χ0) is 12.4. The van der Waals surface area contributed by atoms with Gasteiger partial charge < -0.3 is 5.32 Å². The largest absolute Gasteiger partial charge is 0.352 e. The highest BCUT2D eigenvalue weighted by Gasteiger charge is 2.24. The lowest BCUT2D eigenvalue weighted by Gasteiger charge is -2.05. The van der Waals surface area contributed by atoms with E-state index in [0.29, 0.717) is 12.5 Å². The molecule has 2 rings (SSSR count). The second-order valence-corrected chi connectivity index (χ2v) is 4.51. The van der Waals surface area contributed by atoms with Gasteiger partial charge in [-0.3, -0.25) is 14.9 Å². The molecular formula is C11H11ClN2O3. The minimum absolute atomic E-state index is 0.0556. The summed E-state index contributed by atoms with van der Waals surface area (Å²) in [5, 5.41) is 13.7. The van der Waals surface area contributed by atoms with Gasteiger partial charge in [-0.2, -0.15) is 0 Å². The molecule has 6 heteroatoms. The molecule has 1 N–H and O–H groups in total. The maximum atomic E-state index is 11.8. The fourth-order valence-electron chi connectivity index (χ4n) is 1.50. The maximum Gasteiger partial charge on any atom is 0.283 e. The van der Waals surface area contributed by atoms with Gasteiger partial charge in [-0.05, 0) is 30.9 Å². The van der Waals surface area contributed by atoms with Gasteiger partial charge in [0.2, 0.25) is 0 Å². The van der Waals surface area contributed by atoms with E-state index in [1.165, 1.54) is 18.2 Å². The maximum absolute atomic E-state index is 11.8. The molecule has 0 heterocycles. The molecular weight excluding hydrogens is 244 g/mol. The molecule has 1 aromatic carbocycles. The molecule has 0 bridgehead atoms. The molecule has 5 nitrogen and oxygen atoms in total. The van der Waals surface area contributed by atoms with E-state index in [9.17, 15) is 14.9 Å². The van der Waals surface area contributed by atoms with Crippen molar-refractivity contribution in [2.45, 2.75) is 12.8 Å².